The van der Waals surface area contributed by atoms with E-state index in [0.29, 0.717) is 25.9 Å². The second kappa shape index (κ2) is 8.51. The number of carboxylic acid groups (broad SMARTS) is 1. The fourth-order valence-corrected chi connectivity index (χ4v) is 4.83. The van der Waals surface area contributed by atoms with Crippen LogP contribution in [0.15, 0.2) is 48.5 Å². The highest BCUT2D eigenvalue weighted by Gasteiger charge is 2.51. The molecule has 2 amide bonds. The second-order valence-corrected chi connectivity index (χ2v) is 8.96. The van der Waals surface area contributed by atoms with E-state index >= 15 is 0 Å². The van der Waals surface area contributed by atoms with Gasteiger partial charge in [-0.1, -0.05) is 48.5 Å². The van der Waals surface area contributed by atoms with Gasteiger partial charge in [0, 0.05) is 19.1 Å². The number of benzene rings is 2. The minimum absolute atomic E-state index is 0.0309. The predicted molar refractivity (Wildman–Crippen MR) is 119 cm³/mol. The van der Waals surface area contributed by atoms with Crippen LogP contribution in [0.2, 0.25) is 0 Å². The molecule has 1 saturated heterocycles. The van der Waals surface area contributed by atoms with Crippen LogP contribution in [0.25, 0.3) is 11.1 Å². The molecule has 5 rings (SSSR count). The number of ether oxygens (including phenoxy) is 2. The van der Waals surface area contributed by atoms with E-state index in [1.54, 1.807) is 0 Å². The summed E-state index contributed by atoms with van der Waals surface area (Å²) in [4.78, 5) is 36.5. The molecule has 2 aromatic carbocycles. The molecule has 2 aromatic rings. The summed E-state index contributed by atoms with van der Waals surface area (Å²) in [6.07, 6.45) is 0.128. The molecule has 0 bridgehead atoms. The molecule has 2 unspecified atom stereocenters. The molecule has 0 radical (unpaired) electrons. The Kier molecular flexibility index (Phi) is 5.54. The third-order valence-corrected chi connectivity index (χ3v) is 6.90. The first kappa shape index (κ1) is 21.5. The molecule has 3 aliphatic rings. The summed E-state index contributed by atoms with van der Waals surface area (Å²) in [5.74, 6) is -1.36. The number of carbonyl (C=O) groups excluding carboxylic acids is 2. The van der Waals surface area contributed by atoms with E-state index in [4.69, 9.17) is 9.47 Å². The van der Waals surface area contributed by atoms with E-state index in [9.17, 15) is 19.5 Å². The van der Waals surface area contributed by atoms with Gasteiger partial charge in [0.1, 0.15) is 6.61 Å². The van der Waals surface area contributed by atoms with Crippen LogP contribution >= 0.6 is 0 Å². The summed E-state index contributed by atoms with van der Waals surface area (Å²) in [7, 11) is 0. The lowest BCUT2D eigenvalue weighted by Crippen LogP contribution is -2.49. The Bertz CT molecular complexity index is 1050. The normalized spacial score (nSPS) is 22.2. The van der Waals surface area contributed by atoms with Gasteiger partial charge in [0.25, 0.3) is 0 Å². The molecule has 2 atom stereocenters. The summed E-state index contributed by atoms with van der Waals surface area (Å²) in [5.41, 5.74) is 3.88. The van der Waals surface area contributed by atoms with Crippen molar-refractivity contribution in [1.82, 2.24) is 10.6 Å². The Labute approximate surface area is 191 Å². The van der Waals surface area contributed by atoms with E-state index in [1.807, 2.05) is 24.3 Å². The molecule has 0 spiro atoms. The number of aliphatic carboxylic acids is 1. The van der Waals surface area contributed by atoms with Crippen molar-refractivity contribution < 1.29 is 29.0 Å². The molecule has 172 valence electrons. The molecule has 1 saturated carbocycles. The summed E-state index contributed by atoms with van der Waals surface area (Å²) in [5, 5.41) is 14.7. The Hall–Kier alpha value is -3.39. The van der Waals surface area contributed by atoms with Crippen LogP contribution in [-0.4, -0.2) is 55.0 Å². The van der Waals surface area contributed by atoms with Gasteiger partial charge in [0.2, 0.25) is 5.91 Å². The summed E-state index contributed by atoms with van der Waals surface area (Å²) >= 11 is 0. The lowest BCUT2D eigenvalue weighted by molar-refractivity contribution is -0.148. The van der Waals surface area contributed by atoms with Gasteiger partial charge in [-0.05, 0) is 41.5 Å². The second-order valence-electron chi connectivity index (χ2n) is 8.96. The highest BCUT2D eigenvalue weighted by atomic mass is 16.5. The number of carbonyl (C=O) groups is 3. The zero-order valence-electron chi connectivity index (χ0n) is 18.1. The smallest absolute Gasteiger partial charge is 0.407 e. The van der Waals surface area contributed by atoms with Crippen LogP contribution in [0.5, 0.6) is 0 Å². The van der Waals surface area contributed by atoms with Crippen LogP contribution in [0.4, 0.5) is 4.79 Å². The molecule has 1 heterocycles. The molecule has 8 heteroatoms. The zero-order valence-corrected chi connectivity index (χ0v) is 18.1. The maximum atomic E-state index is 12.8. The third-order valence-electron chi connectivity index (χ3n) is 6.90. The first-order chi connectivity index (χ1) is 16.0. The minimum Gasteiger partial charge on any atom is -0.479 e. The standard InChI is InChI=1S/C25H26N2O6/c28-22(29)21-20(9-12-32-21)27-23(30)25(10-11-25)14-26-24(31)33-13-19-17-7-3-1-5-15(17)16-6-2-4-8-18(16)19/h1-8,19-21H,9-14H2,(H,26,31)(H,27,30)(H,28,29). The van der Waals surface area contributed by atoms with Crippen molar-refractivity contribution in [2.75, 3.05) is 19.8 Å². The topological polar surface area (TPSA) is 114 Å². The molecular weight excluding hydrogens is 424 g/mol. The van der Waals surface area contributed by atoms with Crippen molar-refractivity contribution in [2.45, 2.75) is 37.3 Å². The van der Waals surface area contributed by atoms with Crippen LogP contribution < -0.4 is 10.6 Å². The van der Waals surface area contributed by atoms with Crippen molar-refractivity contribution in [1.29, 1.82) is 0 Å². The molecule has 1 aliphatic heterocycles. The van der Waals surface area contributed by atoms with Crippen molar-refractivity contribution in [3.63, 3.8) is 0 Å². The Balaban J connectivity index is 1.16. The Morgan fingerprint density at radius 2 is 1.67 bits per heavy atom. The average molecular weight is 450 g/mol. The van der Waals surface area contributed by atoms with Gasteiger partial charge in [0.05, 0.1) is 11.5 Å². The SMILES string of the molecule is O=C(NCC1(C(=O)NC2CCOC2C(=O)O)CC1)OCC1c2ccccc2-c2ccccc21. The van der Waals surface area contributed by atoms with Gasteiger partial charge in [-0.2, -0.15) is 0 Å². The largest absolute Gasteiger partial charge is 0.479 e. The monoisotopic (exact) mass is 450 g/mol. The van der Waals surface area contributed by atoms with Gasteiger partial charge in [-0.3, -0.25) is 4.79 Å². The Morgan fingerprint density at radius 3 is 2.27 bits per heavy atom. The first-order valence-electron chi connectivity index (χ1n) is 11.2. The van der Waals surface area contributed by atoms with Crippen LogP contribution in [0.3, 0.4) is 0 Å². The average Bonchev–Trinajstić information content (AvgIpc) is 3.36. The van der Waals surface area contributed by atoms with Crippen molar-refractivity contribution in [2.24, 2.45) is 5.41 Å². The van der Waals surface area contributed by atoms with E-state index in [0.717, 1.165) is 22.3 Å². The van der Waals surface area contributed by atoms with Crippen LogP contribution in [0.1, 0.15) is 36.3 Å². The number of hydrogen-bond acceptors (Lipinski definition) is 5. The van der Waals surface area contributed by atoms with Gasteiger partial charge >= 0.3 is 12.1 Å². The number of amides is 2. The quantitative estimate of drug-likeness (QED) is 0.598. The Morgan fingerprint density at radius 1 is 1.03 bits per heavy atom. The molecular formula is C25H26N2O6. The molecule has 3 N–H and O–H groups in total. The molecule has 2 aliphatic carbocycles. The highest BCUT2D eigenvalue weighted by Crippen LogP contribution is 2.46. The van der Waals surface area contributed by atoms with Crippen LogP contribution in [0, 0.1) is 5.41 Å². The van der Waals surface area contributed by atoms with Gasteiger partial charge < -0.3 is 25.2 Å². The predicted octanol–water partition coefficient (Wildman–Crippen LogP) is 2.66. The van der Waals surface area contributed by atoms with Crippen molar-refractivity contribution >= 4 is 18.0 Å². The fraction of sp³-hybridized carbons (Fsp3) is 0.400. The van der Waals surface area contributed by atoms with E-state index in [1.165, 1.54) is 0 Å². The van der Waals surface area contributed by atoms with Gasteiger partial charge in [-0.25, -0.2) is 9.59 Å². The van der Waals surface area contributed by atoms with Gasteiger partial charge in [0.15, 0.2) is 6.10 Å². The molecule has 2 fully saturated rings. The summed E-state index contributed by atoms with van der Waals surface area (Å²) in [6, 6.07) is 15.7. The number of rotatable bonds is 7. The lowest BCUT2D eigenvalue weighted by Gasteiger charge is -2.21. The van der Waals surface area contributed by atoms with Crippen molar-refractivity contribution in [3.8, 4) is 11.1 Å². The number of hydrogen-bond donors (Lipinski definition) is 3. The summed E-state index contributed by atoms with van der Waals surface area (Å²) < 4.78 is 10.7. The van der Waals surface area contributed by atoms with E-state index in [-0.39, 0.29) is 25.0 Å². The third kappa shape index (κ3) is 4.06. The molecule has 33 heavy (non-hydrogen) atoms. The van der Waals surface area contributed by atoms with Gasteiger partial charge in [-0.15, -0.1) is 0 Å². The number of nitrogens with one attached hydrogen (secondary N) is 2. The fourth-order valence-electron chi connectivity index (χ4n) is 4.83. The van der Waals surface area contributed by atoms with Crippen LogP contribution in [-0.2, 0) is 19.1 Å². The lowest BCUT2D eigenvalue weighted by atomic mass is 9.98. The van der Waals surface area contributed by atoms with E-state index < -0.39 is 29.6 Å². The zero-order chi connectivity index (χ0) is 23.0. The molecule has 0 aromatic heterocycles. The molecule has 8 nitrogen and oxygen atoms in total. The first-order valence-corrected chi connectivity index (χ1v) is 11.2. The number of fused-ring (bicyclic) bond motifs is 3. The highest BCUT2D eigenvalue weighted by molar-refractivity contribution is 5.87. The summed E-state index contributed by atoms with van der Waals surface area (Å²) in [6.45, 7) is 0.659. The number of carboxylic acids is 1. The minimum atomic E-state index is -1.08. The maximum Gasteiger partial charge on any atom is 0.407 e. The number of alkyl carbamates (subject to hydrolysis) is 1. The van der Waals surface area contributed by atoms with Crippen molar-refractivity contribution in [3.05, 3.63) is 59.7 Å². The maximum absolute atomic E-state index is 12.8. The van der Waals surface area contributed by atoms with E-state index in [2.05, 4.69) is 34.9 Å².